The molecule has 1 aromatic rings. The third kappa shape index (κ3) is 6.00. The van der Waals surface area contributed by atoms with Gasteiger partial charge in [0.15, 0.2) is 6.10 Å². The first kappa shape index (κ1) is 18.4. The number of esters is 1. The maximum absolute atomic E-state index is 12.0. The van der Waals surface area contributed by atoms with Crippen LogP contribution in [0.3, 0.4) is 0 Å². The van der Waals surface area contributed by atoms with Gasteiger partial charge in [-0.3, -0.25) is 10.1 Å². The van der Waals surface area contributed by atoms with Crippen LogP contribution in [-0.2, 0) is 9.53 Å². The standard InChI is InChI=1S/C15H19IN2O4/c1-9(12(19)17-14(21)18-15(2,3)4)22-13(20)10-7-5-6-8-11(10)16/h5-9H,1-4H3,(H2,17,18,19,21)/t9-/m1/s1. The summed E-state index contributed by atoms with van der Waals surface area (Å²) in [5.41, 5.74) is -0.0911. The second-order valence-electron chi connectivity index (χ2n) is 5.72. The molecule has 120 valence electrons. The van der Waals surface area contributed by atoms with Gasteiger partial charge in [-0.05, 0) is 62.4 Å². The van der Waals surface area contributed by atoms with E-state index in [9.17, 15) is 14.4 Å². The van der Waals surface area contributed by atoms with Crippen molar-refractivity contribution in [1.82, 2.24) is 10.6 Å². The smallest absolute Gasteiger partial charge is 0.339 e. The summed E-state index contributed by atoms with van der Waals surface area (Å²) in [5, 5.41) is 4.73. The Morgan fingerprint density at radius 1 is 1.18 bits per heavy atom. The Hall–Kier alpha value is -1.64. The number of benzene rings is 1. The molecule has 0 saturated heterocycles. The fourth-order valence-corrected chi connectivity index (χ4v) is 2.10. The first-order valence-corrected chi connectivity index (χ1v) is 7.76. The highest BCUT2D eigenvalue weighted by molar-refractivity contribution is 14.1. The molecule has 6 nitrogen and oxygen atoms in total. The minimum atomic E-state index is -1.07. The number of rotatable bonds is 3. The lowest BCUT2D eigenvalue weighted by Crippen LogP contribution is -2.50. The molecule has 0 spiro atoms. The summed E-state index contributed by atoms with van der Waals surface area (Å²) in [6.45, 7) is 6.78. The molecule has 2 N–H and O–H groups in total. The number of halogens is 1. The number of urea groups is 1. The highest BCUT2D eigenvalue weighted by Crippen LogP contribution is 2.13. The summed E-state index contributed by atoms with van der Waals surface area (Å²) >= 11 is 2.01. The molecule has 0 saturated carbocycles. The van der Waals surface area contributed by atoms with Crippen LogP contribution in [0.25, 0.3) is 0 Å². The van der Waals surface area contributed by atoms with Gasteiger partial charge in [0, 0.05) is 9.11 Å². The maximum Gasteiger partial charge on any atom is 0.339 e. The summed E-state index contributed by atoms with van der Waals surface area (Å²) in [6.07, 6.45) is -1.07. The van der Waals surface area contributed by atoms with Crippen LogP contribution in [0.4, 0.5) is 4.79 Å². The van der Waals surface area contributed by atoms with E-state index in [1.165, 1.54) is 6.92 Å². The van der Waals surface area contributed by atoms with Gasteiger partial charge in [0.1, 0.15) is 0 Å². The Morgan fingerprint density at radius 2 is 1.77 bits per heavy atom. The minimum absolute atomic E-state index is 0.377. The largest absolute Gasteiger partial charge is 0.449 e. The Bertz CT molecular complexity index is 581. The van der Waals surface area contributed by atoms with Crippen molar-refractivity contribution in [3.8, 4) is 0 Å². The Kier molecular flexibility index (Phi) is 6.34. The van der Waals surface area contributed by atoms with E-state index in [0.717, 1.165) is 3.57 Å². The number of ether oxygens (including phenoxy) is 1. The lowest BCUT2D eigenvalue weighted by atomic mass is 10.1. The quantitative estimate of drug-likeness (QED) is 0.584. The summed E-state index contributed by atoms with van der Waals surface area (Å²) in [4.78, 5) is 35.4. The Morgan fingerprint density at radius 3 is 2.32 bits per heavy atom. The molecule has 7 heteroatoms. The van der Waals surface area contributed by atoms with Crippen molar-refractivity contribution < 1.29 is 19.1 Å². The predicted octanol–water partition coefficient (Wildman–Crippen LogP) is 2.46. The lowest BCUT2D eigenvalue weighted by Gasteiger charge is -2.21. The molecular formula is C15H19IN2O4. The van der Waals surface area contributed by atoms with Crippen LogP contribution in [0.1, 0.15) is 38.1 Å². The topological polar surface area (TPSA) is 84.5 Å². The van der Waals surface area contributed by atoms with Crippen LogP contribution in [0.2, 0.25) is 0 Å². The number of amides is 3. The maximum atomic E-state index is 12.0. The number of carbonyl (C=O) groups excluding carboxylic acids is 3. The third-order valence-corrected chi connectivity index (χ3v) is 3.41. The van der Waals surface area contributed by atoms with Crippen molar-refractivity contribution in [3.63, 3.8) is 0 Å². The molecular weight excluding hydrogens is 399 g/mol. The van der Waals surface area contributed by atoms with Gasteiger partial charge in [-0.25, -0.2) is 9.59 Å². The molecule has 22 heavy (non-hydrogen) atoms. The molecule has 0 bridgehead atoms. The van der Waals surface area contributed by atoms with Gasteiger partial charge < -0.3 is 10.1 Å². The minimum Gasteiger partial charge on any atom is -0.449 e. The van der Waals surface area contributed by atoms with E-state index in [0.29, 0.717) is 5.56 Å². The molecule has 1 atom stereocenters. The Labute approximate surface area is 143 Å². The molecule has 0 aliphatic carbocycles. The van der Waals surface area contributed by atoms with Crippen molar-refractivity contribution in [3.05, 3.63) is 33.4 Å². The molecule has 0 aliphatic rings. The van der Waals surface area contributed by atoms with Crippen LogP contribution in [0.15, 0.2) is 24.3 Å². The first-order chi connectivity index (χ1) is 10.1. The average molecular weight is 418 g/mol. The van der Waals surface area contributed by atoms with Crippen LogP contribution < -0.4 is 10.6 Å². The lowest BCUT2D eigenvalue weighted by molar-refractivity contribution is -0.127. The van der Waals surface area contributed by atoms with Gasteiger partial charge in [0.2, 0.25) is 0 Å². The number of nitrogens with one attached hydrogen (secondary N) is 2. The molecule has 0 unspecified atom stereocenters. The SMILES string of the molecule is C[C@@H](OC(=O)c1ccccc1I)C(=O)NC(=O)NC(C)(C)C. The molecule has 1 rings (SSSR count). The van der Waals surface area contributed by atoms with Crippen molar-refractivity contribution in [1.29, 1.82) is 0 Å². The normalized spacial score (nSPS) is 12.2. The zero-order valence-electron chi connectivity index (χ0n) is 12.9. The highest BCUT2D eigenvalue weighted by atomic mass is 127. The van der Waals surface area contributed by atoms with Gasteiger partial charge >= 0.3 is 12.0 Å². The summed E-state index contributed by atoms with van der Waals surface area (Å²) in [5.74, 6) is -1.29. The molecule has 1 aromatic carbocycles. The second kappa shape index (κ2) is 7.57. The number of imide groups is 1. The van der Waals surface area contributed by atoms with Crippen LogP contribution in [0.5, 0.6) is 0 Å². The monoisotopic (exact) mass is 418 g/mol. The zero-order chi connectivity index (χ0) is 16.9. The van der Waals surface area contributed by atoms with Crippen LogP contribution >= 0.6 is 22.6 Å². The van der Waals surface area contributed by atoms with Crippen LogP contribution in [0, 0.1) is 3.57 Å². The second-order valence-corrected chi connectivity index (χ2v) is 6.88. The zero-order valence-corrected chi connectivity index (χ0v) is 15.1. The number of hydrogen-bond acceptors (Lipinski definition) is 4. The summed E-state index contributed by atoms with van der Waals surface area (Å²) in [7, 11) is 0. The van der Waals surface area contributed by atoms with Crippen molar-refractivity contribution >= 4 is 40.5 Å². The highest BCUT2D eigenvalue weighted by Gasteiger charge is 2.23. The van der Waals surface area contributed by atoms with E-state index < -0.39 is 29.6 Å². The third-order valence-electron chi connectivity index (χ3n) is 2.47. The van der Waals surface area contributed by atoms with E-state index in [1.807, 2.05) is 22.6 Å². The first-order valence-electron chi connectivity index (χ1n) is 6.68. The number of carbonyl (C=O) groups is 3. The predicted molar refractivity (Wildman–Crippen MR) is 90.5 cm³/mol. The van der Waals surface area contributed by atoms with E-state index >= 15 is 0 Å². The van der Waals surface area contributed by atoms with E-state index in [-0.39, 0.29) is 0 Å². The van der Waals surface area contributed by atoms with Crippen molar-refractivity contribution in [2.45, 2.75) is 39.3 Å². The van der Waals surface area contributed by atoms with E-state index in [4.69, 9.17) is 4.74 Å². The van der Waals surface area contributed by atoms with Crippen LogP contribution in [-0.4, -0.2) is 29.6 Å². The summed E-state index contributed by atoms with van der Waals surface area (Å²) < 4.78 is 5.80. The molecule has 0 fully saturated rings. The molecule has 0 aliphatic heterocycles. The summed E-state index contributed by atoms with van der Waals surface area (Å²) in [6, 6.07) is 6.25. The fourth-order valence-electron chi connectivity index (χ4n) is 1.49. The van der Waals surface area contributed by atoms with Gasteiger partial charge in [0.25, 0.3) is 5.91 Å². The average Bonchev–Trinajstić information content (AvgIpc) is 2.36. The fraction of sp³-hybridized carbons (Fsp3) is 0.400. The van der Waals surface area contributed by atoms with Gasteiger partial charge in [0.05, 0.1) is 5.56 Å². The van der Waals surface area contributed by atoms with Gasteiger partial charge in [-0.15, -0.1) is 0 Å². The van der Waals surface area contributed by atoms with Gasteiger partial charge in [-0.1, -0.05) is 12.1 Å². The molecule has 0 radical (unpaired) electrons. The van der Waals surface area contributed by atoms with E-state index in [2.05, 4.69) is 10.6 Å². The number of hydrogen-bond donors (Lipinski definition) is 2. The molecule has 0 heterocycles. The van der Waals surface area contributed by atoms with Gasteiger partial charge in [-0.2, -0.15) is 0 Å². The Balaban J connectivity index is 2.60. The molecule has 0 aromatic heterocycles. The molecule has 3 amide bonds. The van der Waals surface area contributed by atoms with Crippen molar-refractivity contribution in [2.24, 2.45) is 0 Å². The van der Waals surface area contributed by atoms with E-state index in [1.54, 1.807) is 45.0 Å². The van der Waals surface area contributed by atoms with Crippen molar-refractivity contribution in [2.75, 3.05) is 0 Å².